The van der Waals surface area contributed by atoms with Crippen molar-refractivity contribution >= 4 is 35.2 Å². The lowest BCUT2D eigenvalue weighted by atomic mass is 10.1. The highest BCUT2D eigenvalue weighted by atomic mass is 32.2. The predicted molar refractivity (Wildman–Crippen MR) is 101 cm³/mol. The second-order valence-electron chi connectivity index (χ2n) is 5.76. The van der Waals surface area contributed by atoms with Crippen molar-refractivity contribution in [1.82, 2.24) is 0 Å². The fraction of sp³-hybridized carbons (Fsp3) is 0.263. The molecule has 3 aliphatic rings. The molecule has 5 heteroatoms. The Morgan fingerprint density at radius 1 is 1.17 bits per heavy atom. The predicted octanol–water partition coefficient (Wildman–Crippen LogP) is 4.48. The van der Waals surface area contributed by atoms with Crippen LogP contribution in [-0.4, -0.2) is 23.2 Å². The summed E-state index contributed by atoms with van der Waals surface area (Å²) in [6, 6.07) is 10.0. The monoisotopic (exact) mass is 355 g/mol. The number of hydrogen-bond acceptors (Lipinski definition) is 5. The van der Waals surface area contributed by atoms with Crippen LogP contribution in [0.2, 0.25) is 0 Å². The van der Waals surface area contributed by atoms with E-state index >= 15 is 0 Å². The van der Waals surface area contributed by atoms with E-state index in [1.165, 1.54) is 5.57 Å². The van der Waals surface area contributed by atoms with Crippen LogP contribution in [0.15, 0.2) is 68.6 Å². The number of Topliss-reactive ketones (excluding diaryl/α,β-unsaturated/α-hetero) is 1. The lowest BCUT2D eigenvalue weighted by molar-refractivity contribution is -0.114. The molecule has 0 saturated heterocycles. The fourth-order valence-corrected chi connectivity index (χ4v) is 5.12. The zero-order valence-electron chi connectivity index (χ0n) is 13.2. The summed E-state index contributed by atoms with van der Waals surface area (Å²) in [5, 5.41) is 1.07. The Bertz CT molecular complexity index is 791. The lowest BCUT2D eigenvalue weighted by Gasteiger charge is -2.19. The smallest absolute Gasteiger partial charge is 0.223 e. The zero-order valence-corrected chi connectivity index (χ0v) is 14.8. The van der Waals surface area contributed by atoms with Gasteiger partial charge in [0.05, 0.1) is 10.5 Å². The van der Waals surface area contributed by atoms with Crippen molar-refractivity contribution in [3.63, 3.8) is 0 Å². The summed E-state index contributed by atoms with van der Waals surface area (Å²) in [5.41, 5.74) is 3.27. The maximum absolute atomic E-state index is 12.3. The van der Waals surface area contributed by atoms with Crippen LogP contribution in [0, 0.1) is 0 Å². The molecule has 4 rings (SSSR count). The molecule has 24 heavy (non-hydrogen) atoms. The van der Waals surface area contributed by atoms with E-state index < -0.39 is 0 Å². The molecule has 2 aliphatic heterocycles. The zero-order chi connectivity index (χ0) is 16.4. The molecule has 0 atom stereocenters. The van der Waals surface area contributed by atoms with Crippen LogP contribution in [0.4, 0.5) is 0 Å². The van der Waals surface area contributed by atoms with Crippen molar-refractivity contribution < 1.29 is 9.53 Å². The normalized spacial score (nSPS) is 22.5. The van der Waals surface area contributed by atoms with E-state index in [1.54, 1.807) is 23.5 Å². The van der Waals surface area contributed by atoms with Crippen molar-refractivity contribution in [2.45, 2.75) is 19.4 Å². The Morgan fingerprint density at radius 3 is 2.92 bits per heavy atom. The van der Waals surface area contributed by atoms with Gasteiger partial charge < -0.3 is 4.74 Å². The molecular weight excluding hydrogens is 338 g/mol. The molecule has 122 valence electrons. The Kier molecular flexibility index (Phi) is 4.63. The SMILES string of the molecule is O=C1CC=CC2=C1SCC1=C(/N=C\2OCc2ccccc2)SCC1. The lowest BCUT2D eigenvalue weighted by Crippen LogP contribution is -2.17. The van der Waals surface area contributed by atoms with Crippen LogP contribution < -0.4 is 0 Å². The third kappa shape index (κ3) is 3.23. The number of ether oxygens (including phenoxy) is 1. The number of aliphatic imine (C=N–C) groups is 1. The van der Waals surface area contributed by atoms with E-state index in [2.05, 4.69) is 0 Å². The molecule has 1 aliphatic carbocycles. The summed E-state index contributed by atoms with van der Waals surface area (Å²) in [5.74, 6) is 2.67. The van der Waals surface area contributed by atoms with Gasteiger partial charge in [-0.05, 0) is 17.6 Å². The van der Waals surface area contributed by atoms with Gasteiger partial charge in [-0.15, -0.1) is 23.5 Å². The van der Waals surface area contributed by atoms with Crippen LogP contribution in [0.1, 0.15) is 18.4 Å². The van der Waals surface area contributed by atoms with E-state index in [0.29, 0.717) is 18.9 Å². The van der Waals surface area contributed by atoms with Gasteiger partial charge in [-0.1, -0.05) is 42.5 Å². The minimum absolute atomic E-state index is 0.170. The van der Waals surface area contributed by atoms with Crippen molar-refractivity contribution in [1.29, 1.82) is 0 Å². The highest BCUT2D eigenvalue weighted by Crippen LogP contribution is 2.40. The number of nitrogens with zero attached hydrogens (tertiary/aromatic N) is 1. The second-order valence-corrected chi connectivity index (χ2v) is 7.83. The molecule has 1 aromatic rings. The van der Waals surface area contributed by atoms with Gasteiger partial charge in [-0.25, -0.2) is 4.99 Å². The average Bonchev–Trinajstić information content (AvgIpc) is 3.03. The topological polar surface area (TPSA) is 38.7 Å². The van der Waals surface area contributed by atoms with Crippen molar-refractivity contribution in [3.8, 4) is 0 Å². The van der Waals surface area contributed by atoms with Gasteiger partial charge in [0.2, 0.25) is 5.90 Å². The third-order valence-corrected chi connectivity index (χ3v) is 6.36. The molecular formula is C19H17NO2S2. The first-order chi connectivity index (χ1) is 11.8. The van der Waals surface area contributed by atoms with Gasteiger partial charge in [0.25, 0.3) is 0 Å². The molecule has 0 aromatic heterocycles. The van der Waals surface area contributed by atoms with Crippen LogP contribution >= 0.6 is 23.5 Å². The largest absolute Gasteiger partial charge is 0.472 e. The number of rotatable bonds is 2. The van der Waals surface area contributed by atoms with E-state index in [0.717, 1.165) is 39.0 Å². The van der Waals surface area contributed by atoms with Gasteiger partial charge in [-0.3, -0.25) is 4.79 Å². The Balaban J connectivity index is 1.68. The molecule has 0 amide bonds. The first-order valence-corrected chi connectivity index (χ1v) is 9.96. The number of thioether (sulfide) groups is 2. The minimum atomic E-state index is 0.170. The van der Waals surface area contributed by atoms with Crippen molar-refractivity contribution in [2.75, 3.05) is 11.5 Å². The quantitative estimate of drug-likeness (QED) is 0.784. The molecule has 3 nitrogen and oxygen atoms in total. The van der Waals surface area contributed by atoms with Crippen LogP contribution in [-0.2, 0) is 16.1 Å². The van der Waals surface area contributed by atoms with Gasteiger partial charge in [0.1, 0.15) is 11.6 Å². The standard InChI is InChI=1S/C19H17NO2S2/c21-16-8-4-7-15-17(16)24-12-14-9-10-23-19(14)20-18(15)22-11-13-5-2-1-3-6-13/h1-7H,8-12H2/b20-18+. The number of carbonyl (C=O) groups is 1. The number of hydrogen-bond donors (Lipinski definition) is 0. The Morgan fingerprint density at radius 2 is 2.04 bits per heavy atom. The average molecular weight is 355 g/mol. The number of allylic oxidation sites excluding steroid dienone is 2. The number of benzene rings is 1. The molecule has 0 radical (unpaired) electrons. The fourth-order valence-electron chi connectivity index (χ4n) is 2.80. The molecule has 0 spiro atoms. The summed E-state index contributed by atoms with van der Waals surface area (Å²) in [6.07, 6.45) is 5.41. The first-order valence-electron chi connectivity index (χ1n) is 7.98. The summed E-state index contributed by atoms with van der Waals surface area (Å²) < 4.78 is 6.06. The highest BCUT2D eigenvalue weighted by Gasteiger charge is 2.27. The Hall–Kier alpha value is -1.72. The maximum atomic E-state index is 12.3. The maximum Gasteiger partial charge on any atom is 0.223 e. The van der Waals surface area contributed by atoms with Crippen LogP contribution in [0.25, 0.3) is 0 Å². The van der Waals surface area contributed by atoms with E-state index in [-0.39, 0.29) is 5.78 Å². The van der Waals surface area contributed by atoms with E-state index in [4.69, 9.17) is 9.73 Å². The summed E-state index contributed by atoms with van der Waals surface area (Å²) >= 11 is 3.42. The van der Waals surface area contributed by atoms with Crippen LogP contribution in [0.5, 0.6) is 0 Å². The molecule has 2 heterocycles. The molecule has 0 N–H and O–H groups in total. The molecule has 0 unspecified atom stereocenters. The summed E-state index contributed by atoms with van der Waals surface area (Å²) in [7, 11) is 0. The first kappa shape index (κ1) is 15.8. The minimum Gasteiger partial charge on any atom is -0.472 e. The number of ketones is 1. The third-order valence-electron chi connectivity index (χ3n) is 4.07. The molecule has 0 saturated carbocycles. The Labute approximate surface area is 150 Å². The van der Waals surface area contributed by atoms with Gasteiger partial charge >= 0.3 is 0 Å². The van der Waals surface area contributed by atoms with E-state index in [1.807, 2.05) is 42.5 Å². The second kappa shape index (κ2) is 7.03. The van der Waals surface area contributed by atoms with Gasteiger partial charge in [0.15, 0.2) is 5.78 Å². The summed E-state index contributed by atoms with van der Waals surface area (Å²) in [4.78, 5) is 17.9. The van der Waals surface area contributed by atoms with Crippen molar-refractivity contribution in [2.24, 2.45) is 4.99 Å². The highest BCUT2D eigenvalue weighted by molar-refractivity contribution is 8.05. The molecule has 1 aromatic carbocycles. The van der Waals surface area contributed by atoms with Gasteiger partial charge in [-0.2, -0.15) is 0 Å². The number of carbonyl (C=O) groups excluding carboxylic acids is 1. The van der Waals surface area contributed by atoms with Crippen molar-refractivity contribution in [3.05, 3.63) is 69.1 Å². The molecule has 0 bridgehead atoms. The summed E-state index contributed by atoms with van der Waals surface area (Å²) in [6.45, 7) is 0.455. The van der Waals surface area contributed by atoms with E-state index in [9.17, 15) is 4.79 Å². The van der Waals surface area contributed by atoms with Gasteiger partial charge in [0, 0.05) is 17.9 Å². The molecule has 0 fully saturated rings. The van der Waals surface area contributed by atoms with Crippen LogP contribution in [0.3, 0.4) is 0 Å².